The van der Waals surface area contributed by atoms with Crippen molar-refractivity contribution in [1.82, 2.24) is 20.0 Å². The molecule has 0 saturated heterocycles. The Morgan fingerprint density at radius 3 is 2.69 bits per heavy atom. The van der Waals surface area contributed by atoms with Crippen LogP contribution in [0.3, 0.4) is 0 Å². The fourth-order valence-electron chi connectivity index (χ4n) is 2.72. The van der Waals surface area contributed by atoms with Gasteiger partial charge in [0.2, 0.25) is 0 Å². The number of hydrogen-bond donors (Lipinski definition) is 1. The summed E-state index contributed by atoms with van der Waals surface area (Å²) in [6, 6.07) is 9.83. The van der Waals surface area contributed by atoms with Crippen LogP contribution in [0.1, 0.15) is 21.7 Å². The number of aryl methyl sites for hydroxylation is 1. The van der Waals surface area contributed by atoms with Gasteiger partial charge in [0.15, 0.2) is 16.5 Å². The van der Waals surface area contributed by atoms with Crippen molar-refractivity contribution in [3.05, 3.63) is 65.2 Å². The number of carbonyl (C=O) groups is 1. The lowest BCUT2D eigenvalue weighted by atomic mass is 10.2. The highest BCUT2D eigenvalue weighted by atomic mass is 32.1. The van der Waals surface area contributed by atoms with E-state index in [9.17, 15) is 22.4 Å². The molecule has 0 aliphatic carbocycles. The van der Waals surface area contributed by atoms with Crippen LogP contribution < -0.4 is 5.32 Å². The average Bonchev–Trinajstić information content (AvgIpc) is 3.24. The number of benzene rings is 2. The third-order valence-electron chi connectivity index (χ3n) is 3.97. The van der Waals surface area contributed by atoms with Crippen LogP contribution in [-0.4, -0.2) is 25.9 Å². The minimum atomic E-state index is -4.95. The lowest BCUT2D eigenvalue weighted by Crippen LogP contribution is -2.21. The third kappa shape index (κ3) is 3.68. The van der Waals surface area contributed by atoms with Crippen LogP contribution in [0.5, 0.6) is 0 Å². The molecule has 11 heteroatoms. The molecule has 6 nitrogen and oxygen atoms in total. The van der Waals surface area contributed by atoms with E-state index in [0.29, 0.717) is 10.2 Å². The van der Waals surface area contributed by atoms with E-state index in [2.05, 4.69) is 20.6 Å². The molecule has 4 aromatic rings. The monoisotopic (exact) mass is 421 g/mol. The summed E-state index contributed by atoms with van der Waals surface area (Å²) in [5, 5.41) is 9.26. The number of halogens is 4. The van der Waals surface area contributed by atoms with Gasteiger partial charge in [-0.2, -0.15) is 13.2 Å². The van der Waals surface area contributed by atoms with E-state index in [1.165, 1.54) is 12.1 Å². The molecule has 2 heterocycles. The summed E-state index contributed by atoms with van der Waals surface area (Å²) in [4.78, 5) is 16.7. The van der Waals surface area contributed by atoms with E-state index >= 15 is 0 Å². The summed E-state index contributed by atoms with van der Waals surface area (Å²) >= 11 is 1.12. The van der Waals surface area contributed by atoms with Gasteiger partial charge in [0.05, 0.1) is 15.9 Å². The summed E-state index contributed by atoms with van der Waals surface area (Å²) in [6.07, 6.45) is -4.95. The Bertz CT molecular complexity index is 1230. The van der Waals surface area contributed by atoms with Crippen molar-refractivity contribution < 1.29 is 22.4 Å². The number of nitrogens with one attached hydrogen (secondary N) is 1. The van der Waals surface area contributed by atoms with Crippen molar-refractivity contribution >= 4 is 32.6 Å². The van der Waals surface area contributed by atoms with Gasteiger partial charge in [-0.1, -0.05) is 28.7 Å². The summed E-state index contributed by atoms with van der Waals surface area (Å²) in [7, 11) is 0. The SMILES string of the molecule is Cc1ccc2nc(NC(=O)c3nnn(-c4cccc(F)c4)c3C(F)(F)F)sc2c1. The Kier molecular flexibility index (Phi) is 4.53. The van der Waals surface area contributed by atoms with E-state index in [1.54, 1.807) is 6.07 Å². The average molecular weight is 421 g/mol. The third-order valence-corrected chi connectivity index (χ3v) is 4.90. The highest BCUT2D eigenvalue weighted by Gasteiger charge is 2.42. The summed E-state index contributed by atoms with van der Waals surface area (Å²) in [5.41, 5.74) is -0.958. The molecule has 0 aliphatic heterocycles. The molecule has 0 unspecified atom stereocenters. The molecule has 0 bridgehead atoms. The second-order valence-electron chi connectivity index (χ2n) is 6.12. The Hall–Kier alpha value is -3.34. The van der Waals surface area contributed by atoms with E-state index in [0.717, 1.165) is 33.7 Å². The number of nitrogens with zero attached hydrogens (tertiary/aromatic N) is 4. The molecule has 0 radical (unpaired) electrons. The highest BCUT2D eigenvalue weighted by Crippen LogP contribution is 2.34. The van der Waals surface area contributed by atoms with Gasteiger partial charge in [-0.25, -0.2) is 14.1 Å². The van der Waals surface area contributed by atoms with Gasteiger partial charge >= 0.3 is 6.18 Å². The maximum absolute atomic E-state index is 13.7. The van der Waals surface area contributed by atoms with Gasteiger partial charge in [-0.05, 0) is 42.8 Å². The number of anilines is 1. The summed E-state index contributed by atoms with van der Waals surface area (Å²) < 4.78 is 55.6. The first-order valence-corrected chi connectivity index (χ1v) is 9.01. The molecule has 1 N–H and O–H groups in total. The van der Waals surface area contributed by atoms with Crippen molar-refractivity contribution in [2.45, 2.75) is 13.1 Å². The maximum Gasteiger partial charge on any atom is 0.435 e. The molecule has 29 heavy (non-hydrogen) atoms. The molecule has 4 rings (SSSR count). The highest BCUT2D eigenvalue weighted by molar-refractivity contribution is 7.22. The van der Waals surface area contributed by atoms with Crippen LogP contribution in [0, 0.1) is 12.7 Å². The summed E-state index contributed by atoms with van der Waals surface area (Å²) in [6.45, 7) is 1.89. The summed E-state index contributed by atoms with van der Waals surface area (Å²) in [5.74, 6) is -1.86. The Morgan fingerprint density at radius 2 is 1.97 bits per heavy atom. The van der Waals surface area contributed by atoms with E-state index in [1.807, 2.05) is 19.1 Å². The minimum absolute atomic E-state index is 0.129. The quantitative estimate of drug-likeness (QED) is 0.491. The first-order valence-electron chi connectivity index (χ1n) is 8.20. The Balaban J connectivity index is 1.72. The van der Waals surface area contributed by atoms with Crippen LogP contribution in [0.2, 0.25) is 0 Å². The fourth-order valence-corrected chi connectivity index (χ4v) is 3.68. The molecule has 148 valence electrons. The molecular formula is C18H11F4N5OS. The van der Waals surface area contributed by atoms with E-state index < -0.39 is 29.3 Å². The van der Waals surface area contributed by atoms with Crippen molar-refractivity contribution in [3.8, 4) is 5.69 Å². The van der Waals surface area contributed by atoms with Crippen molar-refractivity contribution in [1.29, 1.82) is 0 Å². The second-order valence-corrected chi connectivity index (χ2v) is 7.15. The van der Waals surface area contributed by atoms with Gasteiger partial charge in [0, 0.05) is 0 Å². The van der Waals surface area contributed by atoms with Crippen molar-refractivity contribution in [3.63, 3.8) is 0 Å². The molecule has 2 aromatic heterocycles. The molecule has 0 spiro atoms. The van der Waals surface area contributed by atoms with Gasteiger partial charge < -0.3 is 0 Å². The molecular weight excluding hydrogens is 410 g/mol. The Morgan fingerprint density at radius 1 is 1.17 bits per heavy atom. The van der Waals surface area contributed by atoms with Crippen molar-refractivity contribution in [2.24, 2.45) is 0 Å². The minimum Gasteiger partial charge on any atom is -0.296 e. The number of thiazole rings is 1. The lowest BCUT2D eigenvalue weighted by Gasteiger charge is -2.11. The number of carbonyl (C=O) groups excluding carboxylic acids is 1. The molecule has 0 atom stereocenters. The van der Waals surface area contributed by atoms with Crippen LogP contribution in [0.15, 0.2) is 42.5 Å². The maximum atomic E-state index is 13.7. The molecule has 1 amide bonds. The van der Waals surface area contributed by atoms with Gasteiger partial charge in [0.25, 0.3) is 5.91 Å². The standard InChI is InChI=1S/C18H11F4N5OS/c1-9-5-6-12-13(7-9)29-17(23-12)24-16(28)14-15(18(20,21)22)27(26-25-14)11-4-2-3-10(19)8-11/h2-8H,1H3,(H,23,24,28). The van der Waals surface area contributed by atoms with Crippen LogP contribution in [0.4, 0.5) is 22.7 Å². The molecule has 0 fully saturated rings. The van der Waals surface area contributed by atoms with Gasteiger partial charge in [-0.3, -0.25) is 10.1 Å². The predicted octanol–water partition coefficient (Wildman–Crippen LogP) is 4.60. The lowest BCUT2D eigenvalue weighted by molar-refractivity contribution is -0.143. The Labute approximate surface area is 164 Å². The van der Waals surface area contributed by atoms with Crippen LogP contribution >= 0.6 is 11.3 Å². The first kappa shape index (κ1) is 19.0. The van der Waals surface area contributed by atoms with Crippen molar-refractivity contribution in [2.75, 3.05) is 5.32 Å². The van der Waals surface area contributed by atoms with E-state index in [4.69, 9.17) is 0 Å². The molecule has 2 aromatic carbocycles. The zero-order valence-corrected chi connectivity index (χ0v) is 15.5. The number of fused-ring (bicyclic) bond motifs is 1. The fraction of sp³-hybridized carbons (Fsp3) is 0.111. The van der Waals surface area contributed by atoms with Gasteiger partial charge in [0.1, 0.15) is 5.82 Å². The number of amides is 1. The molecule has 0 saturated carbocycles. The molecule has 0 aliphatic rings. The van der Waals surface area contributed by atoms with E-state index in [-0.39, 0.29) is 10.8 Å². The topological polar surface area (TPSA) is 72.7 Å². The second kappa shape index (κ2) is 6.92. The number of aromatic nitrogens is 4. The van der Waals surface area contributed by atoms with Crippen LogP contribution in [-0.2, 0) is 6.18 Å². The predicted molar refractivity (Wildman–Crippen MR) is 98.6 cm³/mol. The van der Waals surface area contributed by atoms with Gasteiger partial charge in [-0.15, -0.1) is 5.10 Å². The number of alkyl halides is 3. The zero-order valence-electron chi connectivity index (χ0n) is 14.7. The number of rotatable bonds is 3. The zero-order chi connectivity index (χ0) is 20.8. The smallest absolute Gasteiger partial charge is 0.296 e. The van der Waals surface area contributed by atoms with Crippen LogP contribution in [0.25, 0.3) is 15.9 Å². The first-order chi connectivity index (χ1) is 13.7. The largest absolute Gasteiger partial charge is 0.435 e. The number of hydrogen-bond acceptors (Lipinski definition) is 5. The normalized spacial score (nSPS) is 11.8.